The first-order valence-corrected chi connectivity index (χ1v) is 8.64. The lowest BCUT2D eigenvalue weighted by Crippen LogP contribution is -2.22. The van der Waals surface area contributed by atoms with Crippen LogP contribution in [0.3, 0.4) is 0 Å². The first-order valence-electron chi connectivity index (χ1n) is 6.41. The Bertz CT molecular complexity index is 850. The molecule has 0 aliphatic heterocycles. The minimum Gasteiger partial charge on any atom is -0.370 e. The molecule has 122 valence electrons. The van der Waals surface area contributed by atoms with E-state index in [9.17, 15) is 8.42 Å². The predicted molar refractivity (Wildman–Crippen MR) is 93.2 cm³/mol. The number of hydrogen-bond donors (Lipinski definition) is 3. The molecular formula is C14H14Cl2N4O2S. The second-order valence-corrected chi connectivity index (χ2v) is 7.03. The number of guanidine groups is 1. The summed E-state index contributed by atoms with van der Waals surface area (Å²) in [6, 6.07) is 11.1. The summed E-state index contributed by atoms with van der Waals surface area (Å²) in [5, 5.41) is 0.134. The van der Waals surface area contributed by atoms with Crippen LogP contribution in [-0.2, 0) is 16.6 Å². The van der Waals surface area contributed by atoms with Crippen molar-refractivity contribution >= 4 is 44.9 Å². The van der Waals surface area contributed by atoms with Gasteiger partial charge >= 0.3 is 0 Å². The van der Waals surface area contributed by atoms with Gasteiger partial charge in [0, 0.05) is 5.69 Å². The van der Waals surface area contributed by atoms with Crippen molar-refractivity contribution in [2.45, 2.75) is 11.4 Å². The lowest BCUT2D eigenvalue weighted by atomic mass is 10.2. The molecule has 0 aliphatic rings. The predicted octanol–water partition coefficient (Wildman–Crippen LogP) is 2.57. The van der Waals surface area contributed by atoms with E-state index in [2.05, 4.69) is 9.71 Å². The van der Waals surface area contributed by atoms with Gasteiger partial charge < -0.3 is 11.5 Å². The summed E-state index contributed by atoms with van der Waals surface area (Å²) >= 11 is 11.8. The molecule has 0 atom stereocenters. The molecule has 2 rings (SSSR count). The zero-order chi connectivity index (χ0) is 17.0. The molecule has 5 N–H and O–H groups in total. The molecule has 0 saturated carbocycles. The highest BCUT2D eigenvalue weighted by Crippen LogP contribution is 2.30. The van der Waals surface area contributed by atoms with Crippen molar-refractivity contribution in [3.63, 3.8) is 0 Å². The SMILES string of the molecule is NC(N)=NCc1cccc(NS(=O)(=O)c2cccc(Cl)c2Cl)c1. The normalized spacial score (nSPS) is 11.0. The van der Waals surface area contributed by atoms with Crippen LogP contribution in [0, 0.1) is 0 Å². The van der Waals surface area contributed by atoms with Crippen LogP contribution in [0.1, 0.15) is 5.56 Å². The maximum Gasteiger partial charge on any atom is 0.263 e. The smallest absolute Gasteiger partial charge is 0.263 e. The summed E-state index contributed by atoms with van der Waals surface area (Å²) in [5.74, 6) is -0.0401. The fourth-order valence-corrected chi connectivity index (χ4v) is 3.63. The van der Waals surface area contributed by atoms with Crippen LogP contribution >= 0.6 is 23.2 Å². The van der Waals surface area contributed by atoms with Gasteiger partial charge in [0.25, 0.3) is 10.0 Å². The quantitative estimate of drug-likeness (QED) is 0.553. The molecule has 0 fully saturated rings. The average Bonchev–Trinajstić information content (AvgIpc) is 2.47. The number of nitrogens with zero attached hydrogens (tertiary/aromatic N) is 1. The third-order valence-corrected chi connectivity index (χ3v) is 5.18. The molecule has 9 heteroatoms. The van der Waals surface area contributed by atoms with Crippen molar-refractivity contribution in [2.75, 3.05) is 4.72 Å². The van der Waals surface area contributed by atoms with Gasteiger partial charge in [0.1, 0.15) is 4.90 Å². The van der Waals surface area contributed by atoms with E-state index in [1.54, 1.807) is 24.3 Å². The van der Waals surface area contributed by atoms with Crippen molar-refractivity contribution in [3.8, 4) is 0 Å². The average molecular weight is 373 g/mol. The first kappa shape index (κ1) is 17.4. The molecule has 0 saturated heterocycles. The van der Waals surface area contributed by atoms with E-state index in [0.717, 1.165) is 5.56 Å². The zero-order valence-corrected chi connectivity index (χ0v) is 14.2. The van der Waals surface area contributed by atoms with Crippen LogP contribution in [0.25, 0.3) is 0 Å². The van der Waals surface area contributed by atoms with E-state index in [1.807, 2.05) is 0 Å². The molecular weight excluding hydrogens is 359 g/mol. The maximum absolute atomic E-state index is 12.4. The van der Waals surface area contributed by atoms with Crippen molar-refractivity contribution in [1.29, 1.82) is 0 Å². The Morgan fingerprint density at radius 3 is 2.52 bits per heavy atom. The molecule has 6 nitrogen and oxygen atoms in total. The summed E-state index contributed by atoms with van der Waals surface area (Å²) in [4.78, 5) is 3.78. The van der Waals surface area contributed by atoms with Gasteiger partial charge in [-0.1, -0.05) is 41.4 Å². The molecule has 0 unspecified atom stereocenters. The molecule has 0 heterocycles. The molecule has 0 amide bonds. The monoisotopic (exact) mass is 372 g/mol. The summed E-state index contributed by atoms with van der Waals surface area (Å²) in [6.45, 7) is 0.246. The number of anilines is 1. The fraction of sp³-hybridized carbons (Fsp3) is 0.0714. The fourth-order valence-electron chi connectivity index (χ4n) is 1.82. The van der Waals surface area contributed by atoms with Crippen LogP contribution in [0.2, 0.25) is 10.0 Å². The first-order chi connectivity index (χ1) is 10.8. The maximum atomic E-state index is 12.4. The summed E-state index contributed by atoms with van der Waals surface area (Å²) in [7, 11) is -3.87. The molecule has 0 bridgehead atoms. The van der Waals surface area contributed by atoms with Crippen molar-refractivity contribution < 1.29 is 8.42 Å². The van der Waals surface area contributed by atoms with Crippen LogP contribution in [-0.4, -0.2) is 14.4 Å². The highest BCUT2D eigenvalue weighted by Gasteiger charge is 2.19. The zero-order valence-electron chi connectivity index (χ0n) is 11.8. The van der Waals surface area contributed by atoms with E-state index < -0.39 is 10.0 Å². The highest BCUT2D eigenvalue weighted by atomic mass is 35.5. The molecule has 2 aromatic carbocycles. The topological polar surface area (TPSA) is 111 Å². The minimum atomic E-state index is -3.87. The van der Waals surface area contributed by atoms with Gasteiger partial charge in [-0.2, -0.15) is 0 Å². The van der Waals surface area contributed by atoms with Crippen LogP contribution < -0.4 is 16.2 Å². The number of sulfonamides is 1. The van der Waals surface area contributed by atoms with E-state index in [0.29, 0.717) is 5.69 Å². The van der Waals surface area contributed by atoms with E-state index >= 15 is 0 Å². The lowest BCUT2D eigenvalue weighted by Gasteiger charge is -2.11. The summed E-state index contributed by atoms with van der Waals surface area (Å²) in [5.41, 5.74) is 11.7. The number of benzene rings is 2. The second kappa shape index (κ2) is 7.08. The van der Waals surface area contributed by atoms with E-state index in [-0.39, 0.29) is 27.4 Å². The largest absolute Gasteiger partial charge is 0.370 e. The lowest BCUT2D eigenvalue weighted by molar-refractivity contribution is 0.601. The van der Waals surface area contributed by atoms with Crippen molar-refractivity contribution in [3.05, 3.63) is 58.1 Å². The number of nitrogens with two attached hydrogens (primary N) is 2. The van der Waals surface area contributed by atoms with Gasteiger partial charge in [-0.15, -0.1) is 0 Å². The molecule has 0 radical (unpaired) electrons. The number of rotatable bonds is 5. The third-order valence-electron chi connectivity index (χ3n) is 2.83. The van der Waals surface area contributed by atoms with Gasteiger partial charge in [0.2, 0.25) is 0 Å². The number of halogens is 2. The van der Waals surface area contributed by atoms with Crippen molar-refractivity contribution in [2.24, 2.45) is 16.5 Å². The van der Waals surface area contributed by atoms with Gasteiger partial charge in [-0.3, -0.25) is 4.72 Å². The Morgan fingerprint density at radius 1 is 1.13 bits per heavy atom. The Balaban J connectivity index is 2.29. The summed E-state index contributed by atoms with van der Waals surface area (Å²) < 4.78 is 27.3. The number of hydrogen-bond acceptors (Lipinski definition) is 3. The Kier molecular flexibility index (Phi) is 5.35. The third kappa shape index (κ3) is 4.51. The van der Waals surface area contributed by atoms with Crippen LogP contribution in [0.5, 0.6) is 0 Å². The van der Waals surface area contributed by atoms with Crippen molar-refractivity contribution in [1.82, 2.24) is 0 Å². The molecule has 0 aliphatic carbocycles. The van der Waals surface area contributed by atoms with E-state index in [4.69, 9.17) is 34.7 Å². The van der Waals surface area contributed by atoms with Gasteiger partial charge in [0.15, 0.2) is 5.96 Å². The number of aliphatic imine (C=N–C) groups is 1. The van der Waals surface area contributed by atoms with Crippen LogP contribution in [0.15, 0.2) is 52.4 Å². The van der Waals surface area contributed by atoms with Gasteiger partial charge in [0.05, 0.1) is 16.6 Å². The minimum absolute atomic E-state index is 0.0293. The Morgan fingerprint density at radius 2 is 1.83 bits per heavy atom. The summed E-state index contributed by atoms with van der Waals surface area (Å²) in [6.07, 6.45) is 0. The second-order valence-electron chi connectivity index (χ2n) is 4.60. The highest BCUT2D eigenvalue weighted by molar-refractivity contribution is 7.92. The van der Waals surface area contributed by atoms with Gasteiger partial charge in [-0.05, 0) is 29.8 Å². The standard InChI is InChI=1S/C14H14Cl2N4O2S/c15-11-5-2-6-12(13(11)16)23(21,22)20-10-4-1-3-9(7-10)8-19-14(17)18/h1-7,20H,8H2,(H4,17,18,19). The van der Waals surface area contributed by atoms with E-state index in [1.165, 1.54) is 18.2 Å². The Labute approximate surface area is 144 Å². The number of nitrogens with one attached hydrogen (secondary N) is 1. The Hall–Kier alpha value is -1.96. The molecule has 0 spiro atoms. The van der Waals surface area contributed by atoms with Crippen LogP contribution in [0.4, 0.5) is 5.69 Å². The molecule has 0 aromatic heterocycles. The molecule has 2 aromatic rings. The molecule has 23 heavy (non-hydrogen) atoms. The van der Waals surface area contributed by atoms with Gasteiger partial charge in [-0.25, -0.2) is 13.4 Å².